The largest absolute Gasteiger partial charge is 0.494 e. The van der Waals surface area contributed by atoms with Crippen LogP contribution in [0.1, 0.15) is 5.56 Å². The molecule has 0 aliphatic carbocycles. The zero-order valence-corrected chi connectivity index (χ0v) is 13.4. The molecule has 0 radical (unpaired) electrons. The number of fused-ring (bicyclic) bond motifs is 1. The molecule has 0 saturated carbocycles. The van der Waals surface area contributed by atoms with Crippen LogP contribution in [0.25, 0.3) is 22.0 Å². The van der Waals surface area contributed by atoms with E-state index in [4.69, 9.17) is 15.7 Å². The first-order chi connectivity index (χ1) is 11.8. The van der Waals surface area contributed by atoms with Crippen LogP contribution >= 0.6 is 0 Å². The maximum atomic E-state index is 8.95. The van der Waals surface area contributed by atoms with Crippen LogP contribution in [-0.4, -0.2) is 25.2 Å². The summed E-state index contributed by atoms with van der Waals surface area (Å²) in [6.07, 6.45) is 1.77. The highest BCUT2D eigenvalue weighted by molar-refractivity contribution is 5.99. The van der Waals surface area contributed by atoms with Crippen molar-refractivity contribution in [2.45, 2.75) is 0 Å². The van der Waals surface area contributed by atoms with Gasteiger partial charge >= 0.3 is 0 Å². The number of benzene rings is 2. The maximum Gasteiger partial charge on any atom is 0.152 e. The number of nitrogens with one attached hydrogen (secondary N) is 1. The van der Waals surface area contributed by atoms with Crippen molar-refractivity contribution in [3.05, 3.63) is 54.2 Å². The summed E-state index contributed by atoms with van der Waals surface area (Å²) in [5.41, 5.74) is 9.89. The Morgan fingerprint density at radius 3 is 2.67 bits per heavy atom. The molecule has 0 amide bonds. The average molecular weight is 318 g/mol. The molecule has 3 N–H and O–H groups in total. The number of methoxy groups -OCH3 is 1. The first-order valence-corrected chi connectivity index (χ1v) is 7.68. The van der Waals surface area contributed by atoms with Crippen LogP contribution in [0, 0.1) is 11.3 Å². The van der Waals surface area contributed by atoms with E-state index in [0.717, 1.165) is 33.5 Å². The molecule has 0 unspecified atom stereocenters. The molecule has 1 heterocycles. The number of anilines is 1. The molecule has 3 aromatic rings. The Morgan fingerprint density at radius 2 is 2.00 bits per heavy atom. The molecule has 0 fully saturated rings. The Kier molecular flexibility index (Phi) is 4.59. The number of hydrogen-bond donors (Lipinski definition) is 2. The number of aromatic nitrogens is 1. The number of nitrogens with two attached hydrogens (primary N) is 1. The highest BCUT2D eigenvalue weighted by Gasteiger charge is 2.12. The van der Waals surface area contributed by atoms with Gasteiger partial charge < -0.3 is 15.8 Å². The molecule has 1 aromatic heterocycles. The molecule has 5 heteroatoms. The summed E-state index contributed by atoms with van der Waals surface area (Å²) in [6.45, 7) is 1.19. The van der Waals surface area contributed by atoms with Crippen molar-refractivity contribution in [2.24, 2.45) is 5.73 Å². The number of hydrogen-bond acceptors (Lipinski definition) is 5. The lowest BCUT2D eigenvalue weighted by molar-refractivity contribution is 0.421. The predicted molar refractivity (Wildman–Crippen MR) is 96.0 cm³/mol. The number of para-hydroxylation sites is 1. The molecular weight excluding hydrogens is 300 g/mol. The van der Waals surface area contributed by atoms with E-state index in [1.165, 1.54) is 0 Å². The zero-order chi connectivity index (χ0) is 16.9. The van der Waals surface area contributed by atoms with E-state index in [1.807, 2.05) is 42.5 Å². The molecule has 0 bridgehead atoms. The third-order valence-electron chi connectivity index (χ3n) is 3.84. The summed E-state index contributed by atoms with van der Waals surface area (Å²) in [6, 6.07) is 15.6. The van der Waals surface area contributed by atoms with Crippen molar-refractivity contribution in [1.29, 1.82) is 5.26 Å². The van der Waals surface area contributed by atoms with Crippen LogP contribution in [0.2, 0.25) is 0 Å². The maximum absolute atomic E-state index is 8.95. The Bertz CT molecular complexity index is 898. The fourth-order valence-corrected chi connectivity index (χ4v) is 2.71. The fraction of sp³-hybridized carbons (Fsp3) is 0.158. The summed E-state index contributed by atoms with van der Waals surface area (Å²) in [4.78, 5) is 4.61. The summed E-state index contributed by atoms with van der Waals surface area (Å²) in [5, 5.41) is 13.1. The minimum absolute atomic E-state index is 0.534. The van der Waals surface area contributed by atoms with Crippen LogP contribution in [0.4, 0.5) is 5.69 Å². The molecule has 24 heavy (non-hydrogen) atoms. The molecule has 120 valence electrons. The van der Waals surface area contributed by atoms with Crippen molar-refractivity contribution < 1.29 is 4.74 Å². The van der Waals surface area contributed by atoms with Gasteiger partial charge in [0.2, 0.25) is 0 Å². The minimum atomic E-state index is 0.534. The predicted octanol–water partition coefficient (Wildman–Crippen LogP) is 3.15. The van der Waals surface area contributed by atoms with Gasteiger partial charge in [-0.1, -0.05) is 24.3 Å². The fourth-order valence-electron chi connectivity index (χ4n) is 2.71. The normalized spacial score (nSPS) is 10.4. The van der Waals surface area contributed by atoms with Crippen LogP contribution < -0.4 is 15.8 Å². The van der Waals surface area contributed by atoms with Crippen LogP contribution in [0.3, 0.4) is 0 Å². The van der Waals surface area contributed by atoms with Crippen molar-refractivity contribution in [3.63, 3.8) is 0 Å². The van der Waals surface area contributed by atoms with Crippen molar-refractivity contribution in [1.82, 2.24) is 4.98 Å². The van der Waals surface area contributed by atoms with Gasteiger partial charge in [0.15, 0.2) is 5.75 Å². The highest BCUT2D eigenvalue weighted by atomic mass is 16.5. The average Bonchev–Trinajstić information content (AvgIpc) is 2.65. The van der Waals surface area contributed by atoms with E-state index < -0.39 is 0 Å². The van der Waals surface area contributed by atoms with Crippen molar-refractivity contribution >= 4 is 16.6 Å². The quantitative estimate of drug-likeness (QED) is 0.755. The molecule has 3 rings (SSSR count). The molecule has 0 spiro atoms. The monoisotopic (exact) mass is 318 g/mol. The smallest absolute Gasteiger partial charge is 0.152 e. The first kappa shape index (κ1) is 15.8. The lowest BCUT2D eigenvalue weighted by Gasteiger charge is -2.14. The van der Waals surface area contributed by atoms with Gasteiger partial charge in [-0.3, -0.25) is 4.98 Å². The van der Waals surface area contributed by atoms with Crippen LogP contribution in [0.5, 0.6) is 5.75 Å². The van der Waals surface area contributed by atoms with Gasteiger partial charge in [-0.15, -0.1) is 0 Å². The van der Waals surface area contributed by atoms with E-state index in [2.05, 4.69) is 16.4 Å². The van der Waals surface area contributed by atoms with Crippen molar-refractivity contribution in [3.8, 4) is 22.9 Å². The molecule has 2 aromatic carbocycles. The standard InChI is InChI=1S/C19H18N4O/c1-24-19-16-4-2-3-15(14-7-5-13(11-21)6-8-14)18(16)23-12-17(19)22-10-9-20/h2-8,12,22H,9-10,20H2,1H3. The third kappa shape index (κ3) is 2.87. The summed E-state index contributed by atoms with van der Waals surface area (Å²) < 4.78 is 5.60. The van der Waals surface area contributed by atoms with Crippen LogP contribution in [-0.2, 0) is 0 Å². The number of nitriles is 1. The summed E-state index contributed by atoms with van der Waals surface area (Å²) >= 11 is 0. The van der Waals surface area contributed by atoms with Gasteiger partial charge in [0, 0.05) is 24.0 Å². The Morgan fingerprint density at radius 1 is 1.21 bits per heavy atom. The molecule has 0 atom stereocenters. The molecular formula is C19H18N4O. The van der Waals surface area contributed by atoms with Gasteiger partial charge in [0.25, 0.3) is 0 Å². The summed E-state index contributed by atoms with van der Waals surface area (Å²) in [7, 11) is 1.65. The number of nitrogens with zero attached hydrogens (tertiary/aromatic N) is 2. The Hall–Kier alpha value is -3.10. The molecule has 0 aliphatic rings. The zero-order valence-electron chi connectivity index (χ0n) is 13.4. The SMILES string of the molecule is COc1c(NCCN)cnc2c(-c3ccc(C#N)cc3)cccc12. The van der Waals surface area contributed by atoms with E-state index in [0.29, 0.717) is 18.7 Å². The second-order valence-corrected chi connectivity index (χ2v) is 5.31. The van der Waals surface area contributed by atoms with Gasteiger partial charge in [-0.2, -0.15) is 5.26 Å². The van der Waals surface area contributed by atoms with Gasteiger partial charge in [0.1, 0.15) is 0 Å². The topological polar surface area (TPSA) is 84.0 Å². The van der Waals surface area contributed by atoms with Crippen LogP contribution in [0.15, 0.2) is 48.7 Å². The highest BCUT2D eigenvalue weighted by Crippen LogP contribution is 2.36. The lowest BCUT2D eigenvalue weighted by atomic mass is 10.0. The summed E-state index contributed by atoms with van der Waals surface area (Å²) in [5.74, 6) is 0.754. The Balaban J connectivity index is 2.15. The third-order valence-corrected chi connectivity index (χ3v) is 3.84. The second kappa shape index (κ2) is 6.99. The number of rotatable bonds is 5. The molecule has 5 nitrogen and oxygen atoms in total. The van der Waals surface area contributed by atoms with Gasteiger partial charge in [-0.25, -0.2) is 0 Å². The Labute approximate surface area is 140 Å². The molecule has 0 saturated heterocycles. The van der Waals surface area contributed by atoms with E-state index in [1.54, 1.807) is 13.3 Å². The number of pyridine rings is 1. The first-order valence-electron chi connectivity index (χ1n) is 7.68. The second-order valence-electron chi connectivity index (χ2n) is 5.31. The van der Waals surface area contributed by atoms with Crippen molar-refractivity contribution in [2.75, 3.05) is 25.5 Å². The lowest BCUT2D eigenvalue weighted by Crippen LogP contribution is -2.13. The van der Waals surface area contributed by atoms with Gasteiger partial charge in [-0.05, 0) is 23.8 Å². The molecule has 0 aliphatic heterocycles. The van der Waals surface area contributed by atoms with E-state index in [9.17, 15) is 0 Å². The minimum Gasteiger partial charge on any atom is -0.494 e. The van der Waals surface area contributed by atoms with Gasteiger partial charge in [0.05, 0.1) is 36.1 Å². The van der Waals surface area contributed by atoms with E-state index >= 15 is 0 Å². The van der Waals surface area contributed by atoms with E-state index in [-0.39, 0.29) is 0 Å². The number of ether oxygens (including phenoxy) is 1.